The van der Waals surface area contributed by atoms with Crippen LogP contribution in [0.4, 0.5) is 16.0 Å². The van der Waals surface area contributed by atoms with Crippen molar-refractivity contribution in [2.75, 3.05) is 5.32 Å². The number of benzene rings is 2. The number of halogens is 3. The lowest BCUT2D eigenvalue weighted by atomic mass is 10.0. The van der Waals surface area contributed by atoms with Crippen LogP contribution < -0.4 is 5.32 Å². The Morgan fingerprint density at radius 2 is 1.75 bits per heavy atom. The summed E-state index contributed by atoms with van der Waals surface area (Å²) in [6.07, 6.45) is 4.74. The third-order valence-corrected chi connectivity index (χ3v) is 5.03. The summed E-state index contributed by atoms with van der Waals surface area (Å²) in [5.41, 5.74) is 4.33. The van der Waals surface area contributed by atoms with Crippen molar-refractivity contribution in [3.8, 4) is 0 Å². The average Bonchev–Trinajstić information content (AvgIpc) is 3.16. The maximum atomic E-state index is 13.0. The summed E-state index contributed by atoms with van der Waals surface area (Å²) in [5, 5.41) is 4.34. The molecule has 4 rings (SSSR count). The van der Waals surface area contributed by atoms with Gasteiger partial charge in [0.05, 0.1) is 5.69 Å². The van der Waals surface area contributed by atoms with E-state index >= 15 is 0 Å². The van der Waals surface area contributed by atoms with Gasteiger partial charge in [-0.1, -0.05) is 29.3 Å². The molecule has 0 saturated carbocycles. The highest BCUT2D eigenvalue weighted by molar-refractivity contribution is 6.36. The molecule has 1 aromatic heterocycles. The number of nitrogens with zero attached hydrogens (tertiary/aromatic N) is 3. The summed E-state index contributed by atoms with van der Waals surface area (Å²) >= 11 is 12.5. The Balaban J connectivity index is 1.45. The van der Waals surface area contributed by atoms with Crippen LogP contribution in [0, 0.1) is 5.82 Å². The van der Waals surface area contributed by atoms with Crippen molar-refractivity contribution in [1.82, 2.24) is 9.97 Å². The van der Waals surface area contributed by atoms with Gasteiger partial charge in [-0.2, -0.15) is 0 Å². The van der Waals surface area contributed by atoms with Gasteiger partial charge in [0.2, 0.25) is 5.95 Å². The van der Waals surface area contributed by atoms with Crippen molar-refractivity contribution in [1.29, 1.82) is 0 Å². The minimum Gasteiger partial charge on any atom is -0.324 e. The predicted molar refractivity (Wildman–Crippen MR) is 112 cm³/mol. The molecule has 3 aromatic rings. The van der Waals surface area contributed by atoms with Gasteiger partial charge < -0.3 is 5.32 Å². The van der Waals surface area contributed by atoms with Crippen LogP contribution in [-0.4, -0.2) is 15.7 Å². The van der Waals surface area contributed by atoms with E-state index in [0.29, 0.717) is 34.5 Å². The third-order valence-electron chi connectivity index (χ3n) is 4.32. The molecule has 2 aromatic carbocycles. The Labute approximate surface area is 171 Å². The molecule has 140 valence electrons. The lowest BCUT2D eigenvalue weighted by Gasteiger charge is -2.09. The van der Waals surface area contributed by atoms with Crippen LogP contribution in [0.5, 0.6) is 0 Å². The van der Waals surface area contributed by atoms with Gasteiger partial charge >= 0.3 is 0 Å². The van der Waals surface area contributed by atoms with Crippen LogP contribution in [0.15, 0.2) is 65.9 Å². The van der Waals surface area contributed by atoms with Crippen molar-refractivity contribution in [3.05, 3.63) is 88.0 Å². The number of hydrogen-bond donors (Lipinski definition) is 1. The van der Waals surface area contributed by atoms with Crippen LogP contribution in [-0.2, 0) is 6.42 Å². The van der Waals surface area contributed by atoms with Crippen LogP contribution in [0.1, 0.15) is 17.7 Å². The number of nitrogens with one attached hydrogen (secondary N) is 1. The standard InChI is InChI=1S/C21H15Cl2FN4/c22-18-2-1-3-19(23)17(18)11-16-10-13(12-26-16)20-8-9-25-21(28-20)27-15-6-4-14(24)5-7-15/h1-9,12H,10-11H2,(H,25,27,28). The minimum absolute atomic E-state index is 0.292. The number of hydrogen-bond acceptors (Lipinski definition) is 4. The molecule has 4 nitrogen and oxygen atoms in total. The first kappa shape index (κ1) is 18.6. The monoisotopic (exact) mass is 412 g/mol. The van der Waals surface area contributed by atoms with Crippen molar-refractivity contribution in [2.24, 2.45) is 4.99 Å². The molecule has 0 fully saturated rings. The Morgan fingerprint density at radius 3 is 2.50 bits per heavy atom. The van der Waals surface area contributed by atoms with E-state index in [9.17, 15) is 4.39 Å². The lowest BCUT2D eigenvalue weighted by molar-refractivity contribution is 0.628. The molecule has 0 saturated heterocycles. The molecule has 0 radical (unpaired) electrons. The SMILES string of the molecule is Fc1ccc(Nc2nccc(C3=CN=C(Cc4c(Cl)cccc4Cl)C3)n2)cc1. The van der Waals surface area contributed by atoms with Gasteiger partial charge in [0.25, 0.3) is 0 Å². The van der Waals surface area contributed by atoms with Gasteiger partial charge in [-0.05, 0) is 48.0 Å². The van der Waals surface area contributed by atoms with E-state index in [1.807, 2.05) is 30.5 Å². The number of anilines is 2. The minimum atomic E-state index is -0.292. The highest BCUT2D eigenvalue weighted by atomic mass is 35.5. The summed E-state index contributed by atoms with van der Waals surface area (Å²) in [5.74, 6) is 0.146. The van der Waals surface area contributed by atoms with Crippen LogP contribution in [0.3, 0.4) is 0 Å². The van der Waals surface area contributed by atoms with E-state index in [-0.39, 0.29) is 5.82 Å². The molecule has 2 heterocycles. The smallest absolute Gasteiger partial charge is 0.227 e. The maximum absolute atomic E-state index is 13.0. The van der Waals surface area contributed by atoms with Gasteiger partial charge in [-0.25, -0.2) is 14.4 Å². The van der Waals surface area contributed by atoms with Crippen molar-refractivity contribution < 1.29 is 4.39 Å². The molecule has 1 aliphatic rings. The number of aliphatic imine (C=N–C) groups is 1. The highest BCUT2D eigenvalue weighted by Crippen LogP contribution is 2.29. The zero-order valence-corrected chi connectivity index (χ0v) is 16.2. The largest absolute Gasteiger partial charge is 0.324 e. The number of rotatable bonds is 5. The van der Waals surface area contributed by atoms with Gasteiger partial charge in [0.1, 0.15) is 5.82 Å². The van der Waals surface area contributed by atoms with E-state index in [4.69, 9.17) is 23.2 Å². The molecule has 1 N–H and O–H groups in total. The predicted octanol–water partition coefficient (Wildman–Crippen LogP) is 6.09. The molecular weight excluding hydrogens is 398 g/mol. The van der Waals surface area contributed by atoms with Gasteiger partial charge in [-0.15, -0.1) is 0 Å². The topological polar surface area (TPSA) is 50.2 Å². The van der Waals surface area contributed by atoms with E-state index in [0.717, 1.165) is 22.5 Å². The molecule has 0 bridgehead atoms. The summed E-state index contributed by atoms with van der Waals surface area (Å²) in [4.78, 5) is 13.3. The van der Waals surface area contributed by atoms with Gasteiger partial charge in [-0.3, -0.25) is 4.99 Å². The lowest BCUT2D eigenvalue weighted by Crippen LogP contribution is -2.04. The van der Waals surface area contributed by atoms with E-state index in [2.05, 4.69) is 20.3 Å². The summed E-state index contributed by atoms with van der Waals surface area (Å²) in [7, 11) is 0. The van der Waals surface area contributed by atoms with Crippen LogP contribution in [0.25, 0.3) is 5.57 Å². The number of allylic oxidation sites excluding steroid dienone is 1. The molecule has 0 atom stereocenters. The Bertz CT molecular complexity index is 1060. The van der Waals surface area contributed by atoms with Crippen molar-refractivity contribution in [2.45, 2.75) is 12.8 Å². The van der Waals surface area contributed by atoms with Crippen molar-refractivity contribution in [3.63, 3.8) is 0 Å². The fourth-order valence-corrected chi connectivity index (χ4v) is 3.44. The van der Waals surface area contributed by atoms with E-state index < -0.39 is 0 Å². The fourth-order valence-electron chi connectivity index (χ4n) is 2.91. The maximum Gasteiger partial charge on any atom is 0.227 e. The first-order valence-electron chi connectivity index (χ1n) is 8.62. The summed E-state index contributed by atoms with van der Waals surface area (Å²) in [6, 6.07) is 13.3. The summed E-state index contributed by atoms with van der Waals surface area (Å²) < 4.78 is 13.0. The fraction of sp³-hybridized carbons (Fsp3) is 0.0952. The average molecular weight is 413 g/mol. The molecule has 0 unspecified atom stereocenters. The Morgan fingerprint density at radius 1 is 1.00 bits per heavy atom. The molecule has 0 amide bonds. The Kier molecular flexibility index (Phi) is 5.37. The highest BCUT2D eigenvalue weighted by Gasteiger charge is 2.17. The first-order valence-corrected chi connectivity index (χ1v) is 9.37. The second-order valence-electron chi connectivity index (χ2n) is 6.30. The van der Waals surface area contributed by atoms with Gasteiger partial charge in [0.15, 0.2) is 0 Å². The van der Waals surface area contributed by atoms with E-state index in [1.54, 1.807) is 18.3 Å². The van der Waals surface area contributed by atoms with Crippen molar-refractivity contribution >= 4 is 46.1 Å². The summed E-state index contributed by atoms with van der Waals surface area (Å²) in [6.45, 7) is 0. The molecule has 7 heteroatoms. The zero-order chi connectivity index (χ0) is 19.5. The zero-order valence-electron chi connectivity index (χ0n) is 14.7. The Hall–Kier alpha value is -2.76. The second-order valence-corrected chi connectivity index (χ2v) is 7.12. The molecule has 1 aliphatic heterocycles. The normalized spacial score (nSPS) is 13.2. The third kappa shape index (κ3) is 4.21. The first-order chi connectivity index (χ1) is 13.6. The second kappa shape index (κ2) is 8.09. The molecule has 0 spiro atoms. The molecule has 0 aliphatic carbocycles. The quantitative estimate of drug-likeness (QED) is 0.550. The molecule has 28 heavy (non-hydrogen) atoms. The number of aromatic nitrogens is 2. The van der Waals surface area contributed by atoms with Crippen LogP contribution in [0.2, 0.25) is 10.0 Å². The molecular formula is C21H15Cl2FN4. The van der Waals surface area contributed by atoms with Gasteiger partial charge in [0, 0.05) is 52.3 Å². The van der Waals surface area contributed by atoms with Crippen LogP contribution >= 0.6 is 23.2 Å². The van der Waals surface area contributed by atoms with E-state index in [1.165, 1.54) is 12.1 Å².